The van der Waals surface area contributed by atoms with E-state index in [1.165, 1.54) is 0 Å². The number of amides is 2. The number of hydrogen-bond donors (Lipinski definition) is 1. The largest absolute Gasteiger partial charge is 0.477 e. The Morgan fingerprint density at radius 3 is 2.74 bits per heavy atom. The fraction of sp³-hybridized carbons (Fsp3) is 0.385. The minimum Gasteiger partial charge on any atom is -0.477 e. The quantitative estimate of drug-likeness (QED) is 0.868. The molecule has 1 aromatic rings. The van der Waals surface area contributed by atoms with Crippen molar-refractivity contribution < 1.29 is 14.3 Å². The molecule has 2 amide bonds. The standard InChI is InChI=1S/C13H15BrN2O3/c1-7(2)11-13(18)16(3)10-5-8(15-6-17)4-9(14)12(10)19-11/h4-7,11H,1-3H3,(H,15,17). The zero-order chi connectivity index (χ0) is 14.2. The molecular weight excluding hydrogens is 312 g/mol. The number of carbonyl (C=O) groups excluding carboxylic acids is 2. The number of ether oxygens (including phenoxy) is 1. The van der Waals surface area contributed by atoms with Gasteiger partial charge in [-0.3, -0.25) is 9.59 Å². The normalized spacial score (nSPS) is 18.1. The SMILES string of the molecule is CC(C)C1Oc2c(Br)cc(NC=O)cc2N(C)C1=O. The highest BCUT2D eigenvalue weighted by molar-refractivity contribution is 9.10. The molecule has 0 aliphatic carbocycles. The zero-order valence-electron chi connectivity index (χ0n) is 10.9. The number of anilines is 2. The van der Waals surface area contributed by atoms with Crippen LogP contribution in [0.2, 0.25) is 0 Å². The first-order valence-corrected chi connectivity index (χ1v) is 6.73. The maximum Gasteiger partial charge on any atom is 0.268 e. The van der Waals surface area contributed by atoms with Crippen LogP contribution in [-0.2, 0) is 9.59 Å². The molecule has 1 heterocycles. The van der Waals surface area contributed by atoms with E-state index in [0.29, 0.717) is 28.0 Å². The van der Waals surface area contributed by atoms with Crippen molar-refractivity contribution in [3.05, 3.63) is 16.6 Å². The number of rotatable bonds is 3. The van der Waals surface area contributed by atoms with Gasteiger partial charge in [0.2, 0.25) is 6.41 Å². The summed E-state index contributed by atoms with van der Waals surface area (Å²) >= 11 is 3.41. The topological polar surface area (TPSA) is 58.6 Å². The maximum atomic E-state index is 12.2. The molecule has 102 valence electrons. The van der Waals surface area contributed by atoms with E-state index < -0.39 is 6.10 Å². The van der Waals surface area contributed by atoms with Crippen LogP contribution in [0, 0.1) is 5.92 Å². The molecule has 0 fully saturated rings. The first-order chi connectivity index (χ1) is 8.95. The van der Waals surface area contributed by atoms with E-state index in [-0.39, 0.29) is 11.8 Å². The molecule has 0 saturated heterocycles. The van der Waals surface area contributed by atoms with Crippen LogP contribution in [0.1, 0.15) is 13.8 Å². The minimum absolute atomic E-state index is 0.0855. The Labute approximate surface area is 120 Å². The second-order valence-corrected chi connectivity index (χ2v) is 5.60. The summed E-state index contributed by atoms with van der Waals surface area (Å²) in [6.07, 6.45) is 0.107. The monoisotopic (exact) mass is 326 g/mol. The predicted octanol–water partition coefficient (Wildman–Crippen LogP) is 2.40. The van der Waals surface area contributed by atoms with Crippen molar-refractivity contribution in [1.29, 1.82) is 0 Å². The summed E-state index contributed by atoms with van der Waals surface area (Å²) in [7, 11) is 1.70. The fourth-order valence-corrected chi connectivity index (χ4v) is 2.55. The van der Waals surface area contributed by atoms with Gasteiger partial charge in [0.15, 0.2) is 11.9 Å². The first kappa shape index (κ1) is 13.9. The van der Waals surface area contributed by atoms with Crippen LogP contribution in [0.25, 0.3) is 0 Å². The number of fused-ring (bicyclic) bond motifs is 1. The van der Waals surface area contributed by atoms with Crippen molar-refractivity contribution >= 4 is 39.6 Å². The van der Waals surface area contributed by atoms with Crippen LogP contribution >= 0.6 is 15.9 Å². The Hall–Kier alpha value is -1.56. The van der Waals surface area contributed by atoms with Gasteiger partial charge in [-0.1, -0.05) is 13.8 Å². The van der Waals surface area contributed by atoms with Gasteiger partial charge in [0.05, 0.1) is 10.2 Å². The van der Waals surface area contributed by atoms with E-state index in [1.807, 2.05) is 13.8 Å². The first-order valence-electron chi connectivity index (χ1n) is 5.93. The van der Waals surface area contributed by atoms with Crippen LogP contribution in [-0.4, -0.2) is 25.5 Å². The van der Waals surface area contributed by atoms with E-state index in [0.717, 1.165) is 0 Å². The van der Waals surface area contributed by atoms with Gasteiger partial charge in [0.1, 0.15) is 0 Å². The number of carbonyl (C=O) groups is 2. The molecule has 1 aromatic carbocycles. The predicted molar refractivity (Wildman–Crippen MR) is 76.5 cm³/mol. The molecule has 19 heavy (non-hydrogen) atoms. The highest BCUT2D eigenvalue weighted by atomic mass is 79.9. The average molecular weight is 327 g/mol. The molecule has 0 saturated carbocycles. The summed E-state index contributed by atoms with van der Waals surface area (Å²) in [6.45, 7) is 3.88. The van der Waals surface area contributed by atoms with Crippen LogP contribution in [0.5, 0.6) is 5.75 Å². The molecule has 6 heteroatoms. The van der Waals surface area contributed by atoms with Crippen molar-refractivity contribution in [3.8, 4) is 5.75 Å². The number of nitrogens with zero attached hydrogens (tertiary/aromatic N) is 1. The number of hydrogen-bond acceptors (Lipinski definition) is 3. The van der Waals surface area contributed by atoms with E-state index in [4.69, 9.17) is 4.74 Å². The van der Waals surface area contributed by atoms with Gasteiger partial charge in [0.25, 0.3) is 5.91 Å². The Morgan fingerprint density at radius 1 is 1.47 bits per heavy atom. The molecule has 5 nitrogen and oxygen atoms in total. The van der Waals surface area contributed by atoms with Gasteiger partial charge in [-0.15, -0.1) is 0 Å². The Kier molecular flexibility index (Phi) is 3.80. The number of likely N-dealkylation sites (N-methyl/N-ethyl adjacent to an activating group) is 1. The van der Waals surface area contributed by atoms with E-state index in [9.17, 15) is 9.59 Å². The van der Waals surface area contributed by atoms with Gasteiger partial charge in [-0.2, -0.15) is 0 Å². The molecule has 1 N–H and O–H groups in total. The molecule has 1 atom stereocenters. The van der Waals surface area contributed by atoms with E-state index in [2.05, 4.69) is 21.2 Å². The zero-order valence-corrected chi connectivity index (χ0v) is 12.5. The van der Waals surface area contributed by atoms with E-state index in [1.54, 1.807) is 24.1 Å². The Bertz CT molecular complexity index is 531. The molecule has 0 aromatic heterocycles. The maximum absolute atomic E-state index is 12.2. The third-order valence-electron chi connectivity index (χ3n) is 3.04. The lowest BCUT2D eigenvalue weighted by Crippen LogP contribution is -2.46. The molecule has 1 unspecified atom stereocenters. The third kappa shape index (κ3) is 2.45. The summed E-state index contributed by atoms with van der Waals surface area (Å²) in [5, 5.41) is 2.56. The second kappa shape index (κ2) is 5.21. The lowest BCUT2D eigenvalue weighted by molar-refractivity contribution is -0.127. The number of nitrogens with one attached hydrogen (secondary N) is 1. The smallest absolute Gasteiger partial charge is 0.268 e. The number of halogens is 1. The highest BCUT2D eigenvalue weighted by Gasteiger charge is 2.35. The summed E-state index contributed by atoms with van der Waals surface area (Å²) in [4.78, 5) is 24.3. The van der Waals surface area contributed by atoms with Gasteiger partial charge in [-0.05, 0) is 34.0 Å². The van der Waals surface area contributed by atoms with Crippen LogP contribution in [0.15, 0.2) is 16.6 Å². The molecule has 0 spiro atoms. The molecule has 0 radical (unpaired) electrons. The third-order valence-corrected chi connectivity index (χ3v) is 3.62. The van der Waals surface area contributed by atoms with Crippen LogP contribution < -0.4 is 15.0 Å². The van der Waals surface area contributed by atoms with Crippen LogP contribution in [0.3, 0.4) is 0 Å². The molecule has 1 aliphatic heterocycles. The Morgan fingerprint density at radius 2 is 2.16 bits per heavy atom. The molecule has 1 aliphatic rings. The number of benzene rings is 1. The van der Waals surface area contributed by atoms with Gasteiger partial charge < -0.3 is 15.0 Å². The van der Waals surface area contributed by atoms with Gasteiger partial charge in [0, 0.05) is 12.7 Å². The van der Waals surface area contributed by atoms with Crippen molar-refractivity contribution in [2.75, 3.05) is 17.3 Å². The van der Waals surface area contributed by atoms with Crippen molar-refractivity contribution in [3.63, 3.8) is 0 Å². The summed E-state index contributed by atoms with van der Waals surface area (Å²) in [5.41, 5.74) is 1.24. The summed E-state index contributed by atoms with van der Waals surface area (Å²) < 4.78 is 6.49. The summed E-state index contributed by atoms with van der Waals surface area (Å²) in [6, 6.07) is 3.46. The second-order valence-electron chi connectivity index (χ2n) is 4.75. The average Bonchev–Trinajstić information content (AvgIpc) is 2.34. The summed E-state index contributed by atoms with van der Waals surface area (Å²) in [5.74, 6) is 0.623. The van der Waals surface area contributed by atoms with Crippen LogP contribution in [0.4, 0.5) is 11.4 Å². The Balaban J connectivity index is 2.49. The van der Waals surface area contributed by atoms with E-state index >= 15 is 0 Å². The molecule has 0 bridgehead atoms. The fourth-order valence-electron chi connectivity index (χ4n) is 2.00. The lowest BCUT2D eigenvalue weighted by atomic mass is 10.0. The molecular formula is C13H15BrN2O3. The van der Waals surface area contributed by atoms with Gasteiger partial charge in [-0.25, -0.2) is 0 Å². The minimum atomic E-state index is -0.487. The molecule has 2 rings (SSSR count). The van der Waals surface area contributed by atoms with Crippen molar-refractivity contribution in [2.45, 2.75) is 20.0 Å². The highest BCUT2D eigenvalue weighted by Crippen LogP contribution is 2.42. The van der Waals surface area contributed by atoms with Gasteiger partial charge >= 0.3 is 0 Å². The van der Waals surface area contributed by atoms with Crippen molar-refractivity contribution in [1.82, 2.24) is 0 Å². The lowest BCUT2D eigenvalue weighted by Gasteiger charge is -2.34. The van der Waals surface area contributed by atoms with Crippen molar-refractivity contribution in [2.24, 2.45) is 5.92 Å².